The van der Waals surface area contributed by atoms with E-state index in [1.54, 1.807) is 42.3 Å². The van der Waals surface area contributed by atoms with Crippen molar-refractivity contribution in [1.82, 2.24) is 25.1 Å². The second-order valence-electron chi connectivity index (χ2n) is 12.4. The van der Waals surface area contributed by atoms with E-state index in [4.69, 9.17) is 27.9 Å². The van der Waals surface area contributed by atoms with Crippen molar-refractivity contribution >= 4 is 44.8 Å². The van der Waals surface area contributed by atoms with E-state index < -0.39 is 45.4 Å². The summed E-state index contributed by atoms with van der Waals surface area (Å²) in [5.41, 5.74) is 1.46. The minimum absolute atomic E-state index is 0.0207. The number of nitrogens with zero attached hydrogens (tertiary/aromatic N) is 6. The molecule has 3 aromatic carbocycles. The van der Waals surface area contributed by atoms with Crippen LogP contribution in [0.2, 0.25) is 10.0 Å². The van der Waals surface area contributed by atoms with E-state index in [1.807, 2.05) is 24.3 Å². The lowest BCUT2D eigenvalue weighted by atomic mass is 9.89. The van der Waals surface area contributed by atoms with Gasteiger partial charge in [-0.05, 0) is 89.6 Å². The number of halogens is 3. The van der Waals surface area contributed by atoms with Crippen LogP contribution < -0.4 is 4.31 Å². The second-order valence-corrected chi connectivity index (χ2v) is 15.4. The van der Waals surface area contributed by atoms with Gasteiger partial charge in [0, 0.05) is 23.5 Å². The molecule has 1 aliphatic heterocycles. The Labute approximate surface area is 282 Å². The summed E-state index contributed by atoms with van der Waals surface area (Å²) in [6.07, 6.45) is 0.968. The van der Waals surface area contributed by atoms with E-state index in [1.165, 1.54) is 27.2 Å². The molecule has 7 rings (SSSR count). The molecule has 10 nitrogen and oxygen atoms in total. The molecule has 1 saturated heterocycles. The van der Waals surface area contributed by atoms with Crippen LogP contribution >= 0.6 is 23.2 Å². The highest BCUT2D eigenvalue weighted by Crippen LogP contribution is 2.49. The number of carbonyl (C=O) groups is 1. The van der Waals surface area contributed by atoms with Gasteiger partial charge in [0.2, 0.25) is 10.0 Å². The number of morpholine rings is 1. The predicted molar refractivity (Wildman–Crippen MR) is 175 cm³/mol. The maximum absolute atomic E-state index is 15.4. The highest BCUT2D eigenvalue weighted by molar-refractivity contribution is 7.93. The van der Waals surface area contributed by atoms with Gasteiger partial charge in [0.25, 0.3) is 5.91 Å². The van der Waals surface area contributed by atoms with Crippen LogP contribution in [-0.4, -0.2) is 63.4 Å². The lowest BCUT2D eigenvalue weighted by Crippen LogP contribution is -2.59. The smallest absolute Gasteiger partial charge is 0.253 e. The summed E-state index contributed by atoms with van der Waals surface area (Å²) in [5.74, 6) is -0.545. The average Bonchev–Trinajstić information content (AvgIpc) is 3.98. The zero-order valence-electron chi connectivity index (χ0n) is 25.5. The minimum atomic E-state index is -3.92. The van der Waals surface area contributed by atoms with Crippen molar-refractivity contribution in [2.45, 2.75) is 61.6 Å². The molecule has 0 N–H and O–H groups in total. The summed E-state index contributed by atoms with van der Waals surface area (Å²) in [4.78, 5) is 16.6. The Morgan fingerprint density at radius 2 is 1.72 bits per heavy atom. The highest BCUT2D eigenvalue weighted by Gasteiger charge is 2.52. The SMILES string of the molecule is Cn1nnnc1C[C@H]1O[C@@H](c2cccc(Cl)c2)[C@@H](c2ccc(Cl)cc2)N([C@H](CN(c2ccccc2F)S(=O)(=O)C2CC2)C2CC2)C1=O. The Morgan fingerprint density at radius 3 is 2.36 bits per heavy atom. The molecule has 0 radical (unpaired) electrons. The number of tetrazole rings is 1. The number of para-hydroxylation sites is 1. The zero-order valence-corrected chi connectivity index (χ0v) is 27.8. The van der Waals surface area contributed by atoms with Gasteiger partial charge >= 0.3 is 0 Å². The van der Waals surface area contributed by atoms with Crippen molar-refractivity contribution in [3.05, 3.63) is 106 Å². The first-order valence-corrected chi connectivity index (χ1v) is 17.8. The van der Waals surface area contributed by atoms with Crippen LogP contribution in [0.5, 0.6) is 0 Å². The fourth-order valence-corrected chi connectivity index (χ4v) is 8.64. The van der Waals surface area contributed by atoms with Crippen molar-refractivity contribution in [1.29, 1.82) is 0 Å². The number of sulfonamides is 1. The molecule has 47 heavy (non-hydrogen) atoms. The summed E-state index contributed by atoms with van der Waals surface area (Å²) in [5, 5.41) is 12.2. The highest BCUT2D eigenvalue weighted by atomic mass is 35.5. The molecule has 4 atom stereocenters. The first kappa shape index (κ1) is 32.0. The molecular formula is C33H33Cl2FN6O4S. The molecule has 0 unspecified atom stereocenters. The standard InChI is InChI=1S/C33H33Cl2FN6O4S/c1-40-30(37-38-39-40)18-29-33(43)42(31(21-11-13-23(34)14-12-21)32(46-29)22-5-4-6-24(35)17-22)28(20-9-10-20)19-41(47(44,45)25-15-16-25)27-8-3-2-7-26(27)36/h2-8,11-14,17,20,25,28-29,31-32H,9-10,15-16,18-19H2,1H3/t28-,29-,31-,32+/m1/s1. The van der Waals surface area contributed by atoms with E-state index >= 15 is 4.39 Å². The first-order chi connectivity index (χ1) is 22.6. The van der Waals surface area contributed by atoms with Crippen molar-refractivity contribution in [2.75, 3.05) is 10.8 Å². The molecule has 3 fully saturated rings. The van der Waals surface area contributed by atoms with Crippen molar-refractivity contribution in [3.63, 3.8) is 0 Å². The Morgan fingerprint density at radius 1 is 0.979 bits per heavy atom. The molecule has 246 valence electrons. The van der Waals surface area contributed by atoms with E-state index in [2.05, 4.69) is 15.5 Å². The maximum atomic E-state index is 15.4. The molecule has 2 aliphatic carbocycles. The number of carbonyl (C=O) groups excluding carboxylic acids is 1. The van der Waals surface area contributed by atoms with Crippen LogP contribution in [0.15, 0.2) is 72.8 Å². The zero-order chi connectivity index (χ0) is 32.9. The number of aryl methyl sites for hydroxylation is 1. The third-order valence-corrected chi connectivity index (χ3v) is 11.9. The third kappa shape index (κ3) is 6.48. The van der Waals surface area contributed by atoms with E-state index in [-0.39, 0.29) is 30.5 Å². The van der Waals surface area contributed by atoms with Gasteiger partial charge in [0.05, 0.1) is 29.6 Å². The molecule has 0 spiro atoms. The van der Waals surface area contributed by atoms with Crippen molar-refractivity contribution in [3.8, 4) is 0 Å². The van der Waals surface area contributed by atoms with Gasteiger partial charge in [-0.25, -0.2) is 17.5 Å². The summed E-state index contributed by atoms with van der Waals surface area (Å²) >= 11 is 12.8. The van der Waals surface area contributed by atoms with Crippen LogP contribution in [-0.2, 0) is 33.0 Å². The first-order valence-electron chi connectivity index (χ1n) is 15.6. The number of ether oxygens (including phenoxy) is 1. The number of aromatic nitrogens is 4. The van der Waals surface area contributed by atoms with Gasteiger partial charge < -0.3 is 9.64 Å². The average molecular weight is 700 g/mol. The molecule has 4 aromatic rings. The second kappa shape index (κ2) is 12.8. The van der Waals surface area contributed by atoms with Gasteiger partial charge in [0.15, 0.2) is 5.82 Å². The fraction of sp³-hybridized carbons (Fsp3) is 0.394. The number of rotatable bonds is 11. The van der Waals surface area contributed by atoms with Crippen molar-refractivity contribution < 1.29 is 22.3 Å². The van der Waals surface area contributed by atoms with E-state index in [9.17, 15) is 13.2 Å². The number of anilines is 1. The van der Waals surface area contributed by atoms with Gasteiger partial charge in [-0.3, -0.25) is 9.10 Å². The van der Waals surface area contributed by atoms with Gasteiger partial charge in [-0.1, -0.05) is 59.6 Å². The van der Waals surface area contributed by atoms with Gasteiger partial charge in [0.1, 0.15) is 18.0 Å². The lowest BCUT2D eigenvalue weighted by molar-refractivity contribution is -0.180. The van der Waals surface area contributed by atoms with Crippen LogP contribution in [0.3, 0.4) is 0 Å². The Kier molecular flexibility index (Phi) is 8.71. The Bertz CT molecular complexity index is 1890. The summed E-state index contributed by atoms with van der Waals surface area (Å²) in [6, 6.07) is 19.1. The summed E-state index contributed by atoms with van der Waals surface area (Å²) in [7, 11) is -2.23. The summed E-state index contributed by atoms with van der Waals surface area (Å²) in [6.45, 7) is -0.110. The number of hydrogen-bond donors (Lipinski definition) is 0. The molecule has 1 aromatic heterocycles. The molecule has 2 heterocycles. The monoisotopic (exact) mass is 698 g/mol. The number of hydrogen-bond acceptors (Lipinski definition) is 7. The van der Waals surface area contributed by atoms with Gasteiger partial charge in [-0.15, -0.1) is 5.10 Å². The van der Waals surface area contributed by atoms with E-state index in [0.717, 1.165) is 24.0 Å². The molecule has 2 saturated carbocycles. The molecular weight excluding hydrogens is 666 g/mol. The van der Waals surface area contributed by atoms with E-state index in [0.29, 0.717) is 28.7 Å². The van der Waals surface area contributed by atoms with Crippen LogP contribution in [0.1, 0.15) is 54.8 Å². The van der Waals surface area contributed by atoms with Crippen molar-refractivity contribution in [2.24, 2.45) is 13.0 Å². The fourth-order valence-electron chi connectivity index (χ4n) is 6.44. The minimum Gasteiger partial charge on any atom is -0.357 e. The molecule has 3 aliphatic rings. The molecule has 0 bridgehead atoms. The lowest BCUT2D eigenvalue weighted by Gasteiger charge is -2.49. The Hall–Kier alpha value is -3.58. The quantitative estimate of drug-likeness (QED) is 0.198. The number of amides is 1. The third-order valence-electron chi connectivity index (χ3n) is 9.14. The summed E-state index contributed by atoms with van der Waals surface area (Å²) < 4.78 is 52.8. The van der Waals surface area contributed by atoms with Crippen LogP contribution in [0, 0.1) is 11.7 Å². The van der Waals surface area contributed by atoms with Crippen LogP contribution in [0.4, 0.5) is 10.1 Å². The topological polar surface area (TPSA) is 111 Å². The maximum Gasteiger partial charge on any atom is 0.253 e. The largest absolute Gasteiger partial charge is 0.357 e. The molecule has 14 heteroatoms. The van der Waals surface area contributed by atoms with Crippen LogP contribution in [0.25, 0.3) is 0 Å². The predicted octanol–water partition coefficient (Wildman–Crippen LogP) is 5.69. The number of benzene rings is 3. The normalized spacial score (nSPS) is 22.3. The Balaban J connectivity index is 1.38. The molecule has 1 amide bonds. The van der Waals surface area contributed by atoms with Gasteiger partial charge in [-0.2, -0.15) is 0 Å².